The Morgan fingerprint density at radius 2 is 1.95 bits per heavy atom. The third-order valence-corrected chi connectivity index (χ3v) is 3.78. The number of carboxylic acid groups (broad SMARTS) is 1. The van der Waals surface area contributed by atoms with Gasteiger partial charge in [0.2, 0.25) is 0 Å². The van der Waals surface area contributed by atoms with E-state index in [1.54, 1.807) is 11.9 Å². The molecule has 1 aliphatic rings. The van der Waals surface area contributed by atoms with Crippen molar-refractivity contribution < 1.29 is 19.4 Å². The highest BCUT2D eigenvalue weighted by molar-refractivity contribution is 5.92. The Morgan fingerprint density at radius 3 is 2.52 bits per heavy atom. The number of carboxylic acids is 1. The molecule has 2 amide bonds. The minimum absolute atomic E-state index is 0.148. The van der Waals surface area contributed by atoms with Crippen molar-refractivity contribution in [1.29, 1.82) is 0 Å². The number of aliphatic carboxylic acids is 1. The van der Waals surface area contributed by atoms with E-state index in [1.165, 1.54) is 4.90 Å². The van der Waals surface area contributed by atoms with Crippen LogP contribution in [0.15, 0.2) is 30.3 Å². The van der Waals surface area contributed by atoms with Crippen molar-refractivity contribution in [2.24, 2.45) is 5.92 Å². The second kappa shape index (κ2) is 6.58. The zero-order chi connectivity index (χ0) is 15.4. The monoisotopic (exact) mass is 292 g/mol. The molecule has 1 fully saturated rings. The van der Waals surface area contributed by atoms with Crippen LogP contribution < -0.4 is 4.90 Å². The van der Waals surface area contributed by atoms with Crippen LogP contribution in [0.5, 0.6) is 0 Å². The van der Waals surface area contributed by atoms with Crippen molar-refractivity contribution in [1.82, 2.24) is 4.90 Å². The highest BCUT2D eigenvalue weighted by atomic mass is 16.5. The molecular formula is C15H20N2O4. The molecule has 6 nitrogen and oxygen atoms in total. The lowest BCUT2D eigenvalue weighted by Gasteiger charge is -2.32. The largest absolute Gasteiger partial charge is 0.481 e. The number of hydrogen-bond donors (Lipinski definition) is 1. The molecule has 0 saturated carbocycles. The normalized spacial score (nSPS) is 21.0. The van der Waals surface area contributed by atoms with Gasteiger partial charge in [0.15, 0.2) is 0 Å². The Hall–Kier alpha value is -2.08. The number of amides is 2. The van der Waals surface area contributed by atoms with Crippen LogP contribution in [0.4, 0.5) is 10.5 Å². The van der Waals surface area contributed by atoms with Crippen molar-refractivity contribution in [2.75, 3.05) is 31.7 Å². The maximum atomic E-state index is 12.6. The Bertz CT molecular complexity index is 506. The van der Waals surface area contributed by atoms with Gasteiger partial charge in [0.1, 0.15) is 5.92 Å². The lowest BCUT2D eigenvalue weighted by atomic mass is 10.0. The van der Waals surface area contributed by atoms with Gasteiger partial charge in [-0.1, -0.05) is 18.2 Å². The summed E-state index contributed by atoms with van der Waals surface area (Å²) in [6.45, 7) is 2.80. The van der Waals surface area contributed by atoms with E-state index in [0.717, 1.165) is 5.69 Å². The summed E-state index contributed by atoms with van der Waals surface area (Å²) in [5.41, 5.74) is 0.794. The fourth-order valence-electron chi connectivity index (χ4n) is 2.53. The van der Waals surface area contributed by atoms with E-state index in [2.05, 4.69) is 0 Å². The number of ether oxygens (including phenoxy) is 1. The summed E-state index contributed by atoms with van der Waals surface area (Å²) in [5.74, 6) is -1.60. The fraction of sp³-hybridized carbons (Fsp3) is 0.467. The number of para-hydroxylation sites is 1. The molecule has 114 valence electrons. The third kappa shape index (κ3) is 3.16. The van der Waals surface area contributed by atoms with Gasteiger partial charge in [-0.05, 0) is 19.1 Å². The number of nitrogens with zero attached hydrogens (tertiary/aromatic N) is 2. The van der Waals surface area contributed by atoms with Crippen LogP contribution in [-0.2, 0) is 9.53 Å². The molecule has 1 aromatic rings. The van der Waals surface area contributed by atoms with Crippen molar-refractivity contribution in [3.63, 3.8) is 0 Å². The topological polar surface area (TPSA) is 70.1 Å². The van der Waals surface area contributed by atoms with E-state index in [1.807, 2.05) is 37.3 Å². The van der Waals surface area contributed by atoms with Crippen LogP contribution in [0.1, 0.15) is 6.92 Å². The van der Waals surface area contributed by atoms with E-state index in [4.69, 9.17) is 4.74 Å². The van der Waals surface area contributed by atoms with E-state index in [0.29, 0.717) is 6.54 Å². The second-order valence-electron chi connectivity index (χ2n) is 5.02. The van der Waals surface area contributed by atoms with Crippen LogP contribution in [0.3, 0.4) is 0 Å². The van der Waals surface area contributed by atoms with Gasteiger partial charge in [-0.2, -0.15) is 0 Å². The number of hydrogen-bond acceptors (Lipinski definition) is 3. The lowest BCUT2D eigenvalue weighted by molar-refractivity contribution is -0.142. The summed E-state index contributed by atoms with van der Waals surface area (Å²) in [7, 11) is 1.63. The molecular weight excluding hydrogens is 272 g/mol. The van der Waals surface area contributed by atoms with Crippen molar-refractivity contribution >= 4 is 17.7 Å². The van der Waals surface area contributed by atoms with Gasteiger partial charge in [0, 0.05) is 19.3 Å². The first kappa shape index (κ1) is 15.3. The molecule has 1 aliphatic heterocycles. The Balaban J connectivity index is 2.16. The predicted molar refractivity (Wildman–Crippen MR) is 78.4 cm³/mol. The molecule has 6 heteroatoms. The second-order valence-corrected chi connectivity index (χ2v) is 5.02. The first-order chi connectivity index (χ1) is 10.1. The summed E-state index contributed by atoms with van der Waals surface area (Å²) in [4.78, 5) is 26.9. The molecule has 1 saturated heterocycles. The molecule has 0 spiro atoms. The predicted octanol–water partition coefficient (Wildman–Crippen LogP) is 1.66. The van der Waals surface area contributed by atoms with Gasteiger partial charge in [0.05, 0.1) is 19.3 Å². The third-order valence-electron chi connectivity index (χ3n) is 3.78. The number of carbonyl (C=O) groups excluding carboxylic acids is 1. The van der Waals surface area contributed by atoms with E-state index < -0.39 is 17.9 Å². The maximum Gasteiger partial charge on any atom is 0.324 e. The van der Waals surface area contributed by atoms with Crippen molar-refractivity contribution in [2.45, 2.75) is 13.0 Å². The first-order valence-electron chi connectivity index (χ1n) is 6.96. The molecule has 21 heavy (non-hydrogen) atoms. The Labute approximate surface area is 123 Å². The van der Waals surface area contributed by atoms with Crippen molar-refractivity contribution in [3.05, 3.63) is 30.3 Å². The van der Waals surface area contributed by atoms with E-state index >= 15 is 0 Å². The average molecular weight is 292 g/mol. The molecule has 0 bridgehead atoms. The highest BCUT2D eigenvalue weighted by Crippen LogP contribution is 2.22. The number of likely N-dealkylation sites (N-methyl/N-ethyl adjacent to an activating group) is 1. The Morgan fingerprint density at radius 1 is 1.29 bits per heavy atom. The van der Waals surface area contributed by atoms with Crippen LogP contribution in [0.25, 0.3) is 0 Å². The number of rotatable bonds is 4. The minimum Gasteiger partial charge on any atom is -0.481 e. The molecule has 2 atom stereocenters. The summed E-state index contributed by atoms with van der Waals surface area (Å²) in [6.07, 6.45) is 0. The fourth-order valence-corrected chi connectivity index (χ4v) is 2.53. The van der Waals surface area contributed by atoms with E-state index in [-0.39, 0.29) is 19.2 Å². The average Bonchev–Trinajstić information content (AvgIpc) is 2.98. The molecule has 1 N–H and O–H groups in total. The maximum absolute atomic E-state index is 12.6. The summed E-state index contributed by atoms with van der Waals surface area (Å²) in [5, 5.41) is 9.20. The number of carbonyl (C=O) groups is 2. The quantitative estimate of drug-likeness (QED) is 0.916. The van der Waals surface area contributed by atoms with Gasteiger partial charge in [-0.3, -0.25) is 9.69 Å². The smallest absolute Gasteiger partial charge is 0.324 e. The highest BCUT2D eigenvalue weighted by Gasteiger charge is 2.39. The number of anilines is 1. The molecule has 0 aromatic heterocycles. The zero-order valence-electron chi connectivity index (χ0n) is 12.2. The summed E-state index contributed by atoms with van der Waals surface area (Å²) in [6, 6.07) is 8.67. The molecule has 1 heterocycles. The number of urea groups is 1. The van der Waals surface area contributed by atoms with E-state index in [9.17, 15) is 14.7 Å². The van der Waals surface area contributed by atoms with Crippen LogP contribution in [0, 0.1) is 5.92 Å². The van der Waals surface area contributed by atoms with Crippen LogP contribution in [0.2, 0.25) is 0 Å². The molecule has 2 unspecified atom stereocenters. The molecule has 0 radical (unpaired) electrons. The SMILES string of the molecule is CCN(C(=O)N(C)C1COCC1C(=O)O)c1ccccc1. The standard InChI is InChI=1S/C15H20N2O4/c1-3-17(11-7-5-4-6-8-11)15(20)16(2)13-10-21-9-12(13)14(18)19/h4-8,12-13H,3,9-10H2,1-2H3,(H,18,19). The van der Waals surface area contributed by atoms with Gasteiger partial charge in [-0.25, -0.2) is 4.79 Å². The van der Waals surface area contributed by atoms with Gasteiger partial charge < -0.3 is 14.7 Å². The van der Waals surface area contributed by atoms with Crippen LogP contribution in [-0.4, -0.2) is 54.9 Å². The zero-order valence-corrected chi connectivity index (χ0v) is 12.2. The summed E-state index contributed by atoms with van der Waals surface area (Å²) < 4.78 is 5.23. The lowest BCUT2D eigenvalue weighted by Crippen LogP contribution is -2.50. The van der Waals surface area contributed by atoms with Gasteiger partial charge in [0.25, 0.3) is 0 Å². The number of benzene rings is 1. The van der Waals surface area contributed by atoms with Gasteiger partial charge in [-0.15, -0.1) is 0 Å². The van der Waals surface area contributed by atoms with Crippen LogP contribution >= 0.6 is 0 Å². The molecule has 1 aromatic carbocycles. The molecule has 0 aliphatic carbocycles. The minimum atomic E-state index is -0.931. The first-order valence-corrected chi connectivity index (χ1v) is 6.96. The Kier molecular flexibility index (Phi) is 4.80. The summed E-state index contributed by atoms with van der Waals surface area (Å²) >= 11 is 0. The van der Waals surface area contributed by atoms with Gasteiger partial charge >= 0.3 is 12.0 Å². The molecule has 2 rings (SSSR count). The van der Waals surface area contributed by atoms with Crippen molar-refractivity contribution in [3.8, 4) is 0 Å².